The number of rotatable bonds is 15. The summed E-state index contributed by atoms with van der Waals surface area (Å²) >= 11 is 0. The fourth-order valence-electron chi connectivity index (χ4n) is 2.92. The van der Waals surface area contributed by atoms with Gasteiger partial charge in [-0.1, -0.05) is 6.07 Å². The molecule has 0 bridgehead atoms. The Morgan fingerprint density at radius 2 is 1.39 bits per heavy atom. The number of carbonyl (C=O) groups excluding carboxylic acids is 3. The lowest BCUT2D eigenvalue weighted by Gasteiger charge is -2.12. The van der Waals surface area contributed by atoms with Gasteiger partial charge in [0.1, 0.15) is 0 Å². The number of esters is 2. The quantitative estimate of drug-likeness (QED) is 0.176. The third kappa shape index (κ3) is 10.2. The minimum Gasteiger partial charge on any atom is -0.493 e. The molecule has 38 heavy (non-hydrogen) atoms. The summed E-state index contributed by atoms with van der Waals surface area (Å²) in [6.45, 7) is 3.76. The third-order valence-electron chi connectivity index (χ3n) is 4.59. The predicted octanol–water partition coefficient (Wildman–Crippen LogP) is 1.93. The van der Waals surface area contributed by atoms with Crippen LogP contribution in [-0.4, -0.2) is 64.8 Å². The van der Waals surface area contributed by atoms with Crippen LogP contribution < -0.4 is 35.2 Å². The van der Waals surface area contributed by atoms with Gasteiger partial charge in [-0.2, -0.15) is 5.10 Å². The second-order valence-electron chi connectivity index (χ2n) is 7.26. The zero-order valence-corrected chi connectivity index (χ0v) is 21.7. The van der Waals surface area contributed by atoms with E-state index < -0.39 is 18.0 Å². The first-order chi connectivity index (χ1) is 18.4. The highest BCUT2D eigenvalue weighted by Crippen LogP contribution is 2.28. The Hall–Kier alpha value is -4.52. The van der Waals surface area contributed by atoms with Crippen LogP contribution in [0.5, 0.6) is 23.0 Å². The molecule has 0 saturated heterocycles. The highest BCUT2D eigenvalue weighted by atomic mass is 16.6. The van der Waals surface area contributed by atoms with Gasteiger partial charge in [0.2, 0.25) is 0 Å². The van der Waals surface area contributed by atoms with Gasteiger partial charge in [-0.3, -0.25) is 5.43 Å². The van der Waals surface area contributed by atoms with Gasteiger partial charge >= 0.3 is 18.0 Å². The molecule has 0 aliphatic rings. The number of hydrogen-bond acceptors (Lipinski definition) is 11. The van der Waals surface area contributed by atoms with E-state index in [1.54, 1.807) is 50.2 Å². The van der Waals surface area contributed by atoms with Crippen molar-refractivity contribution in [2.45, 2.75) is 20.4 Å². The minimum absolute atomic E-state index is 0.232. The fourth-order valence-corrected chi connectivity index (χ4v) is 2.92. The molecule has 0 spiro atoms. The topological polar surface area (TPSA) is 155 Å². The molecule has 2 aromatic rings. The number of carbonyl (C=O) groups is 3. The van der Waals surface area contributed by atoms with Crippen LogP contribution >= 0.6 is 0 Å². The molecule has 206 valence electrons. The molecule has 13 nitrogen and oxygen atoms in total. The summed E-state index contributed by atoms with van der Waals surface area (Å²) in [6.07, 6.45) is 1.41. The van der Waals surface area contributed by atoms with E-state index in [-0.39, 0.29) is 33.0 Å². The van der Waals surface area contributed by atoms with Gasteiger partial charge in [0, 0.05) is 6.54 Å². The Labute approximate surface area is 220 Å². The van der Waals surface area contributed by atoms with Gasteiger partial charge in [-0.05, 0) is 55.3 Å². The van der Waals surface area contributed by atoms with E-state index in [9.17, 15) is 14.4 Å². The molecule has 0 fully saturated rings. The largest absolute Gasteiger partial charge is 0.493 e. The number of methoxy groups -OCH3 is 2. The number of hydrazine groups is 1. The van der Waals surface area contributed by atoms with Crippen molar-refractivity contribution in [2.75, 3.05) is 40.6 Å². The van der Waals surface area contributed by atoms with Crippen LogP contribution in [0, 0.1) is 0 Å². The van der Waals surface area contributed by atoms with Crippen molar-refractivity contribution in [1.29, 1.82) is 0 Å². The van der Waals surface area contributed by atoms with Crippen molar-refractivity contribution in [3.63, 3.8) is 0 Å². The van der Waals surface area contributed by atoms with Crippen LogP contribution in [0.4, 0.5) is 4.79 Å². The number of nitrogens with one attached hydrogen (secondary N) is 3. The Morgan fingerprint density at radius 3 is 1.97 bits per heavy atom. The van der Waals surface area contributed by atoms with Crippen LogP contribution in [0.15, 0.2) is 41.5 Å². The second-order valence-corrected chi connectivity index (χ2v) is 7.26. The molecule has 0 atom stereocenters. The normalized spacial score (nSPS) is 10.4. The number of urea groups is 1. The summed E-state index contributed by atoms with van der Waals surface area (Å²) in [5, 5.41) is 3.89. The summed E-state index contributed by atoms with van der Waals surface area (Å²) in [7, 11) is 2.94. The van der Waals surface area contributed by atoms with E-state index >= 15 is 0 Å². The highest BCUT2D eigenvalue weighted by molar-refractivity contribution is 5.82. The molecular formula is C25H32N4O9. The number of nitrogens with zero attached hydrogens (tertiary/aromatic N) is 1. The van der Waals surface area contributed by atoms with Gasteiger partial charge in [0.15, 0.2) is 36.2 Å². The second kappa shape index (κ2) is 16.3. The van der Waals surface area contributed by atoms with E-state index in [0.29, 0.717) is 28.6 Å². The van der Waals surface area contributed by atoms with Gasteiger partial charge in [0.05, 0.1) is 33.6 Å². The SMILES string of the molecule is CCOC(=O)COc1ccc(/C=N/NC(=O)NNCc2ccc(OCC(=O)OCC)c(OC)c2)cc1OC. The van der Waals surface area contributed by atoms with Crippen LogP contribution in [0.25, 0.3) is 0 Å². The number of benzene rings is 2. The van der Waals surface area contributed by atoms with Gasteiger partial charge in [-0.25, -0.2) is 25.2 Å². The van der Waals surface area contributed by atoms with E-state index in [4.69, 9.17) is 28.4 Å². The number of hydrogen-bond donors (Lipinski definition) is 3. The zero-order chi connectivity index (χ0) is 27.8. The molecule has 0 aromatic heterocycles. The summed E-state index contributed by atoms with van der Waals surface area (Å²) in [5.41, 5.74) is 8.96. The van der Waals surface area contributed by atoms with Crippen LogP contribution in [-0.2, 0) is 25.6 Å². The molecular weight excluding hydrogens is 500 g/mol. The van der Waals surface area contributed by atoms with Crippen LogP contribution in [0.3, 0.4) is 0 Å². The molecule has 0 radical (unpaired) electrons. The molecule has 2 amide bonds. The van der Waals surface area contributed by atoms with Crippen molar-refractivity contribution >= 4 is 24.2 Å². The highest BCUT2D eigenvalue weighted by Gasteiger charge is 2.10. The molecule has 0 saturated carbocycles. The summed E-state index contributed by atoms with van der Waals surface area (Å²) in [5.74, 6) is 0.601. The Balaban J connectivity index is 1.80. The Morgan fingerprint density at radius 1 is 0.816 bits per heavy atom. The monoisotopic (exact) mass is 532 g/mol. The zero-order valence-electron chi connectivity index (χ0n) is 21.7. The van der Waals surface area contributed by atoms with Gasteiger partial charge < -0.3 is 28.4 Å². The van der Waals surface area contributed by atoms with Crippen molar-refractivity contribution in [3.05, 3.63) is 47.5 Å². The predicted molar refractivity (Wildman–Crippen MR) is 136 cm³/mol. The molecule has 0 unspecified atom stereocenters. The Kier molecular flexibility index (Phi) is 12.7. The smallest absolute Gasteiger partial charge is 0.349 e. The van der Waals surface area contributed by atoms with Crippen LogP contribution in [0.1, 0.15) is 25.0 Å². The van der Waals surface area contributed by atoms with E-state index in [2.05, 4.69) is 21.4 Å². The van der Waals surface area contributed by atoms with E-state index in [1.165, 1.54) is 20.4 Å². The molecule has 3 N–H and O–H groups in total. The van der Waals surface area contributed by atoms with E-state index in [0.717, 1.165) is 5.56 Å². The molecule has 2 aromatic carbocycles. The third-order valence-corrected chi connectivity index (χ3v) is 4.59. The lowest BCUT2D eigenvalue weighted by atomic mass is 10.2. The average molecular weight is 533 g/mol. The van der Waals surface area contributed by atoms with Crippen molar-refractivity contribution in [2.24, 2.45) is 5.10 Å². The standard InChI is InChI=1S/C25H32N4O9/c1-5-35-23(30)15-37-19-9-7-17(11-21(19)33-3)13-26-28-25(32)29-27-14-18-8-10-20(22(12-18)34-4)38-16-24(31)36-6-2/h7-13,27H,5-6,14-16H2,1-4H3,(H2,28,29,32)/b26-13+. The van der Waals surface area contributed by atoms with Crippen LogP contribution in [0.2, 0.25) is 0 Å². The lowest BCUT2D eigenvalue weighted by molar-refractivity contribution is -0.146. The number of ether oxygens (including phenoxy) is 6. The Bertz CT molecular complexity index is 1110. The van der Waals surface area contributed by atoms with Gasteiger partial charge in [-0.15, -0.1) is 0 Å². The maximum Gasteiger partial charge on any atom is 0.349 e. The minimum atomic E-state index is -0.594. The van der Waals surface area contributed by atoms with Gasteiger partial charge in [0.25, 0.3) is 0 Å². The van der Waals surface area contributed by atoms with Crippen molar-refractivity contribution in [1.82, 2.24) is 16.3 Å². The fraction of sp³-hybridized carbons (Fsp3) is 0.360. The number of amides is 2. The average Bonchev–Trinajstić information content (AvgIpc) is 2.91. The molecule has 0 heterocycles. The van der Waals surface area contributed by atoms with Crippen molar-refractivity contribution < 1.29 is 42.8 Å². The molecule has 0 aliphatic heterocycles. The summed E-state index contributed by atoms with van der Waals surface area (Å²) in [4.78, 5) is 34.9. The number of hydrazone groups is 1. The lowest BCUT2D eigenvalue weighted by Crippen LogP contribution is -2.42. The molecule has 0 aliphatic carbocycles. The first kappa shape index (κ1) is 29.7. The summed E-state index contributed by atoms with van der Waals surface area (Å²) in [6, 6.07) is 9.44. The maximum atomic E-state index is 12.0. The molecule has 2 rings (SSSR count). The van der Waals surface area contributed by atoms with Crippen molar-refractivity contribution in [3.8, 4) is 23.0 Å². The van der Waals surface area contributed by atoms with E-state index in [1.807, 2.05) is 0 Å². The summed E-state index contributed by atoms with van der Waals surface area (Å²) < 4.78 is 31.1. The first-order valence-corrected chi connectivity index (χ1v) is 11.6. The maximum absolute atomic E-state index is 12.0. The molecule has 13 heteroatoms. The first-order valence-electron chi connectivity index (χ1n) is 11.6.